The van der Waals surface area contributed by atoms with E-state index in [1.807, 2.05) is 30.3 Å². The van der Waals surface area contributed by atoms with Crippen molar-refractivity contribution in [1.29, 1.82) is 0 Å². The lowest BCUT2D eigenvalue weighted by Gasteiger charge is -2.14. The quantitative estimate of drug-likeness (QED) is 0.671. The normalized spacial score (nSPS) is 12.6. The van der Waals surface area contributed by atoms with Gasteiger partial charge in [0.05, 0.1) is 5.02 Å². The standard InChI is InChI=1S/C17H11ClF2O/c18-14-9-15(19)13(8-16(14)20)17(21)12-6-5-10-3-1-2-4-11(10)7-12/h1-9,17,21H. The van der Waals surface area contributed by atoms with Gasteiger partial charge in [-0.1, -0.05) is 48.0 Å². The van der Waals surface area contributed by atoms with E-state index in [0.29, 0.717) is 5.56 Å². The van der Waals surface area contributed by atoms with E-state index in [2.05, 4.69) is 0 Å². The Hall–Kier alpha value is -1.97. The molecule has 0 aliphatic heterocycles. The fourth-order valence-corrected chi connectivity index (χ4v) is 2.46. The van der Waals surface area contributed by atoms with Gasteiger partial charge in [0.2, 0.25) is 0 Å². The molecular weight excluding hydrogens is 294 g/mol. The third kappa shape index (κ3) is 2.62. The van der Waals surface area contributed by atoms with Gasteiger partial charge in [-0.2, -0.15) is 0 Å². The summed E-state index contributed by atoms with van der Waals surface area (Å²) in [6, 6.07) is 14.7. The molecule has 1 unspecified atom stereocenters. The molecule has 4 heteroatoms. The number of fused-ring (bicyclic) bond motifs is 1. The molecule has 0 spiro atoms. The van der Waals surface area contributed by atoms with Gasteiger partial charge in [-0.05, 0) is 34.5 Å². The van der Waals surface area contributed by atoms with Gasteiger partial charge in [-0.25, -0.2) is 8.78 Å². The Morgan fingerprint density at radius 1 is 0.857 bits per heavy atom. The van der Waals surface area contributed by atoms with Crippen molar-refractivity contribution in [3.05, 3.63) is 82.4 Å². The van der Waals surface area contributed by atoms with Gasteiger partial charge >= 0.3 is 0 Å². The lowest BCUT2D eigenvalue weighted by atomic mass is 9.98. The zero-order chi connectivity index (χ0) is 15.0. The highest BCUT2D eigenvalue weighted by Gasteiger charge is 2.18. The van der Waals surface area contributed by atoms with Crippen LogP contribution >= 0.6 is 11.6 Å². The number of halogens is 3. The topological polar surface area (TPSA) is 20.2 Å². The summed E-state index contributed by atoms with van der Waals surface area (Å²) in [5.41, 5.74) is 0.363. The average Bonchev–Trinajstić information content (AvgIpc) is 2.50. The first-order valence-electron chi connectivity index (χ1n) is 6.37. The Labute approximate surface area is 125 Å². The number of hydrogen-bond acceptors (Lipinski definition) is 1. The Bertz CT molecular complexity index is 817. The first-order chi connectivity index (χ1) is 10.1. The molecule has 0 aliphatic carbocycles. The van der Waals surface area contributed by atoms with E-state index < -0.39 is 17.7 Å². The molecule has 3 rings (SSSR count). The fourth-order valence-electron chi connectivity index (χ4n) is 2.30. The molecule has 0 radical (unpaired) electrons. The van der Waals surface area contributed by atoms with Crippen molar-refractivity contribution in [3.63, 3.8) is 0 Å². The van der Waals surface area contributed by atoms with E-state index >= 15 is 0 Å². The second-order valence-electron chi connectivity index (χ2n) is 4.80. The van der Waals surface area contributed by atoms with Gasteiger partial charge in [0, 0.05) is 5.56 Å². The molecule has 0 saturated carbocycles. The summed E-state index contributed by atoms with van der Waals surface area (Å²) >= 11 is 5.52. The Balaban J connectivity index is 2.07. The van der Waals surface area contributed by atoms with Crippen molar-refractivity contribution in [2.24, 2.45) is 0 Å². The van der Waals surface area contributed by atoms with Gasteiger partial charge < -0.3 is 5.11 Å². The minimum atomic E-state index is -1.25. The predicted molar refractivity (Wildman–Crippen MR) is 79.4 cm³/mol. The van der Waals surface area contributed by atoms with Crippen LogP contribution in [0.3, 0.4) is 0 Å². The van der Waals surface area contributed by atoms with E-state index in [1.54, 1.807) is 12.1 Å². The molecular formula is C17H11ClF2O. The van der Waals surface area contributed by atoms with Gasteiger partial charge in [-0.15, -0.1) is 0 Å². The van der Waals surface area contributed by atoms with Crippen molar-refractivity contribution in [2.45, 2.75) is 6.10 Å². The van der Waals surface area contributed by atoms with Gasteiger partial charge in [0.25, 0.3) is 0 Å². The zero-order valence-electron chi connectivity index (χ0n) is 10.9. The predicted octanol–water partition coefficient (Wildman–Crippen LogP) is 4.85. The molecule has 0 fully saturated rings. The van der Waals surface area contributed by atoms with Crippen LogP contribution in [0.4, 0.5) is 8.78 Å². The monoisotopic (exact) mass is 304 g/mol. The summed E-state index contributed by atoms with van der Waals surface area (Å²) in [4.78, 5) is 0. The number of benzene rings is 3. The summed E-state index contributed by atoms with van der Waals surface area (Å²) in [6.07, 6.45) is -1.25. The number of hydrogen-bond donors (Lipinski definition) is 1. The second-order valence-corrected chi connectivity index (χ2v) is 5.20. The van der Waals surface area contributed by atoms with Crippen LogP contribution in [0, 0.1) is 11.6 Å². The highest BCUT2D eigenvalue weighted by molar-refractivity contribution is 6.30. The van der Waals surface area contributed by atoms with Crippen LogP contribution in [0.5, 0.6) is 0 Å². The maximum Gasteiger partial charge on any atom is 0.142 e. The van der Waals surface area contributed by atoms with Crippen LogP contribution in [0.2, 0.25) is 5.02 Å². The highest BCUT2D eigenvalue weighted by atomic mass is 35.5. The Kier molecular flexibility index (Phi) is 3.62. The summed E-state index contributed by atoms with van der Waals surface area (Å²) in [5.74, 6) is -1.49. The van der Waals surface area contributed by atoms with Crippen molar-refractivity contribution < 1.29 is 13.9 Å². The molecule has 0 heterocycles. The van der Waals surface area contributed by atoms with E-state index in [1.165, 1.54) is 0 Å². The fraction of sp³-hybridized carbons (Fsp3) is 0.0588. The minimum Gasteiger partial charge on any atom is -0.384 e. The molecule has 1 atom stereocenters. The maximum absolute atomic E-state index is 13.9. The summed E-state index contributed by atoms with van der Waals surface area (Å²) in [5, 5.41) is 11.9. The van der Waals surface area contributed by atoms with E-state index in [-0.39, 0.29) is 10.6 Å². The molecule has 1 nitrogen and oxygen atoms in total. The number of rotatable bonds is 2. The molecule has 3 aromatic carbocycles. The molecule has 106 valence electrons. The number of aliphatic hydroxyl groups excluding tert-OH is 1. The summed E-state index contributed by atoms with van der Waals surface area (Å²) in [6.45, 7) is 0. The van der Waals surface area contributed by atoms with Crippen LogP contribution in [0.1, 0.15) is 17.2 Å². The van der Waals surface area contributed by atoms with Gasteiger partial charge in [0.15, 0.2) is 0 Å². The van der Waals surface area contributed by atoms with Gasteiger partial charge in [-0.3, -0.25) is 0 Å². The molecule has 0 aromatic heterocycles. The molecule has 3 aromatic rings. The van der Waals surface area contributed by atoms with Crippen LogP contribution in [0.15, 0.2) is 54.6 Å². The van der Waals surface area contributed by atoms with Crippen LogP contribution in [-0.2, 0) is 0 Å². The van der Waals surface area contributed by atoms with Crippen molar-refractivity contribution in [3.8, 4) is 0 Å². The summed E-state index contributed by atoms with van der Waals surface area (Å²) in [7, 11) is 0. The third-order valence-corrected chi connectivity index (χ3v) is 3.71. The highest BCUT2D eigenvalue weighted by Crippen LogP contribution is 2.29. The average molecular weight is 305 g/mol. The largest absolute Gasteiger partial charge is 0.384 e. The smallest absolute Gasteiger partial charge is 0.142 e. The summed E-state index contributed by atoms with van der Waals surface area (Å²) < 4.78 is 27.3. The zero-order valence-corrected chi connectivity index (χ0v) is 11.6. The molecule has 0 saturated heterocycles. The van der Waals surface area contributed by atoms with Crippen molar-refractivity contribution >= 4 is 22.4 Å². The van der Waals surface area contributed by atoms with Crippen LogP contribution < -0.4 is 0 Å². The first-order valence-corrected chi connectivity index (χ1v) is 6.75. The lowest BCUT2D eigenvalue weighted by Crippen LogP contribution is -2.03. The molecule has 0 aliphatic rings. The first kappa shape index (κ1) is 14.0. The SMILES string of the molecule is OC(c1ccc2ccccc2c1)c1cc(F)c(Cl)cc1F. The lowest BCUT2D eigenvalue weighted by molar-refractivity contribution is 0.214. The minimum absolute atomic E-state index is 0.132. The Morgan fingerprint density at radius 3 is 2.33 bits per heavy atom. The number of aliphatic hydroxyl groups is 1. The van der Waals surface area contributed by atoms with E-state index in [4.69, 9.17) is 11.6 Å². The van der Waals surface area contributed by atoms with Crippen LogP contribution in [-0.4, -0.2) is 5.11 Å². The van der Waals surface area contributed by atoms with E-state index in [0.717, 1.165) is 22.9 Å². The molecule has 21 heavy (non-hydrogen) atoms. The Morgan fingerprint density at radius 2 is 1.57 bits per heavy atom. The maximum atomic E-state index is 13.9. The van der Waals surface area contributed by atoms with Crippen molar-refractivity contribution in [2.75, 3.05) is 0 Å². The molecule has 1 N–H and O–H groups in total. The molecule has 0 bridgehead atoms. The van der Waals surface area contributed by atoms with Crippen LogP contribution in [0.25, 0.3) is 10.8 Å². The van der Waals surface area contributed by atoms with E-state index in [9.17, 15) is 13.9 Å². The van der Waals surface area contributed by atoms with Gasteiger partial charge in [0.1, 0.15) is 17.7 Å². The second kappa shape index (κ2) is 5.43. The third-order valence-electron chi connectivity index (χ3n) is 3.42. The van der Waals surface area contributed by atoms with Crippen molar-refractivity contribution in [1.82, 2.24) is 0 Å². The molecule has 0 amide bonds.